The van der Waals surface area contributed by atoms with Crippen LogP contribution in [-0.2, 0) is 11.8 Å². The highest BCUT2D eigenvalue weighted by molar-refractivity contribution is 4.96. The molecule has 1 aliphatic rings. The molecular formula is C14H25N3O. The fraction of sp³-hybridized carbons (Fsp3) is 0.786. The lowest BCUT2D eigenvalue weighted by Crippen LogP contribution is -2.27. The van der Waals surface area contributed by atoms with Crippen molar-refractivity contribution in [1.29, 1.82) is 0 Å². The smallest absolute Gasteiger partial charge is 0.125 e. The van der Waals surface area contributed by atoms with Gasteiger partial charge in [-0.05, 0) is 19.8 Å². The summed E-state index contributed by atoms with van der Waals surface area (Å²) >= 11 is 0. The molecule has 0 aromatic carbocycles. The van der Waals surface area contributed by atoms with E-state index < -0.39 is 0 Å². The fourth-order valence-electron chi connectivity index (χ4n) is 2.62. The average molecular weight is 251 g/mol. The highest BCUT2D eigenvalue weighted by Crippen LogP contribution is 2.19. The van der Waals surface area contributed by atoms with Crippen LogP contribution in [0, 0.1) is 0 Å². The van der Waals surface area contributed by atoms with Crippen LogP contribution in [0.2, 0.25) is 0 Å². The quantitative estimate of drug-likeness (QED) is 0.789. The maximum absolute atomic E-state index is 5.89. The molecule has 1 heterocycles. The summed E-state index contributed by atoms with van der Waals surface area (Å²) < 4.78 is 7.95. The van der Waals surface area contributed by atoms with E-state index in [0.717, 1.165) is 19.0 Å². The molecule has 1 atom stereocenters. The number of imidazole rings is 1. The normalized spacial score (nSPS) is 19.0. The predicted octanol–water partition coefficient (Wildman–Crippen LogP) is 2.42. The molecule has 102 valence electrons. The van der Waals surface area contributed by atoms with Crippen molar-refractivity contribution in [3.05, 3.63) is 18.2 Å². The van der Waals surface area contributed by atoms with Crippen LogP contribution in [-0.4, -0.2) is 28.8 Å². The van der Waals surface area contributed by atoms with Crippen molar-refractivity contribution in [2.75, 3.05) is 13.2 Å². The van der Waals surface area contributed by atoms with Crippen LogP contribution in [0.1, 0.15) is 50.9 Å². The van der Waals surface area contributed by atoms with Crippen LogP contribution in [0.4, 0.5) is 0 Å². The minimum atomic E-state index is 0.278. The first kappa shape index (κ1) is 13.6. The Balaban J connectivity index is 1.61. The summed E-state index contributed by atoms with van der Waals surface area (Å²) in [5, 5.41) is 3.46. The lowest BCUT2D eigenvalue weighted by molar-refractivity contribution is 0.0294. The van der Waals surface area contributed by atoms with E-state index in [1.54, 1.807) is 0 Å². The van der Waals surface area contributed by atoms with E-state index >= 15 is 0 Å². The van der Waals surface area contributed by atoms with Crippen LogP contribution >= 0.6 is 0 Å². The second-order valence-corrected chi connectivity index (χ2v) is 5.20. The summed E-state index contributed by atoms with van der Waals surface area (Å²) in [7, 11) is 2.03. The highest BCUT2D eigenvalue weighted by atomic mass is 16.5. The monoisotopic (exact) mass is 251 g/mol. The number of nitrogens with one attached hydrogen (secondary N) is 1. The van der Waals surface area contributed by atoms with Crippen molar-refractivity contribution in [3.8, 4) is 0 Å². The molecule has 0 bridgehead atoms. The molecule has 0 saturated heterocycles. The molecule has 1 aliphatic carbocycles. The molecule has 0 amide bonds. The Hall–Kier alpha value is -0.870. The molecule has 1 fully saturated rings. The number of hydrogen-bond donors (Lipinski definition) is 1. The van der Waals surface area contributed by atoms with Gasteiger partial charge >= 0.3 is 0 Å². The maximum Gasteiger partial charge on any atom is 0.125 e. The molecule has 1 unspecified atom stereocenters. The van der Waals surface area contributed by atoms with Crippen molar-refractivity contribution >= 4 is 0 Å². The van der Waals surface area contributed by atoms with Crippen LogP contribution in [0.15, 0.2) is 12.4 Å². The van der Waals surface area contributed by atoms with Gasteiger partial charge in [0.15, 0.2) is 0 Å². The number of nitrogens with zero attached hydrogens (tertiary/aromatic N) is 2. The molecule has 0 radical (unpaired) electrons. The standard InChI is InChI=1S/C14H25N3O/c1-12(14-16-8-10-17(14)2)15-9-11-18-13-6-4-3-5-7-13/h8,10,12-13,15H,3-7,9,11H2,1-2H3. The first-order valence-electron chi connectivity index (χ1n) is 7.09. The number of rotatable bonds is 6. The molecular weight excluding hydrogens is 226 g/mol. The van der Waals surface area contributed by atoms with Gasteiger partial charge < -0.3 is 14.6 Å². The predicted molar refractivity (Wildman–Crippen MR) is 72.5 cm³/mol. The number of hydrogen-bond acceptors (Lipinski definition) is 3. The Morgan fingerprint density at radius 2 is 2.22 bits per heavy atom. The number of aromatic nitrogens is 2. The van der Waals surface area contributed by atoms with E-state index in [4.69, 9.17) is 4.74 Å². The first-order chi connectivity index (χ1) is 8.77. The summed E-state index contributed by atoms with van der Waals surface area (Å²) in [6.07, 6.45) is 10.9. The van der Waals surface area contributed by atoms with E-state index in [0.29, 0.717) is 6.10 Å². The Bertz CT molecular complexity index is 345. The minimum Gasteiger partial charge on any atom is -0.377 e. The molecule has 2 rings (SSSR count). The molecule has 4 nitrogen and oxygen atoms in total. The Labute approximate surface area is 110 Å². The van der Waals surface area contributed by atoms with Crippen molar-refractivity contribution in [2.45, 2.75) is 51.2 Å². The second kappa shape index (κ2) is 6.90. The molecule has 0 spiro atoms. The van der Waals surface area contributed by atoms with Gasteiger partial charge in [-0.15, -0.1) is 0 Å². The van der Waals surface area contributed by atoms with Crippen molar-refractivity contribution < 1.29 is 4.74 Å². The third-order valence-electron chi connectivity index (χ3n) is 3.70. The Morgan fingerprint density at radius 1 is 1.44 bits per heavy atom. The molecule has 1 aromatic rings. The topological polar surface area (TPSA) is 39.1 Å². The van der Waals surface area contributed by atoms with Crippen LogP contribution < -0.4 is 5.32 Å². The van der Waals surface area contributed by atoms with E-state index in [2.05, 4.69) is 21.8 Å². The summed E-state index contributed by atoms with van der Waals surface area (Å²) in [6, 6.07) is 0.278. The molecule has 1 aromatic heterocycles. The second-order valence-electron chi connectivity index (χ2n) is 5.20. The third kappa shape index (κ3) is 3.82. The van der Waals surface area contributed by atoms with Gasteiger partial charge in [0.2, 0.25) is 0 Å². The van der Waals surface area contributed by atoms with Crippen LogP contribution in [0.5, 0.6) is 0 Å². The number of ether oxygens (including phenoxy) is 1. The molecule has 1 saturated carbocycles. The van der Waals surface area contributed by atoms with Gasteiger partial charge in [0.05, 0.1) is 18.8 Å². The largest absolute Gasteiger partial charge is 0.377 e. The first-order valence-corrected chi connectivity index (χ1v) is 7.09. The molecule has 4 heteroatoms. The van der Waals surface area contributed by atoms with Gasteiger partial charge in [-0.3, -0.25) is 0 Å². The van der Waals surface area contributed by atoms with Crippen molar-refractivity contribution in [1.82, 2.24) is 14.9 Å². The lowest BCUT2D eigenvalue weighted by Gasteiger charge is -2.22. The highest BCUT2D eigenvalue weighted by Gasteiger charge is 2.14. The molecule has 0 aliphatic heterocycles. The minimum absolute atomic E-state index is 0.278. The Morgan fingerprint density at radius 3 is 2.89 bits per heavy atom. The maximum atomic E-state index is 5.89. The zero-order valence-electron chi connectivity index (χ0n) is 11.6. The number of aryl methyl sites for hydroxylation is 1. The van der Waals surface area contributed by atoms with E-state index in [1.807, 2.05) is 19.4 Å². The van der Waals surface area contributed by atoms with Crippen molar-refractivity contribution in [2.24, 2.45) is 7.05 Å². The summed E-state index contributed by atoms with van der Waals surface area (Å²) in [6.45, 7) is 3.84. The Kier molecular flexibility index (Phi) is 5.20. The van der Waals surface area contributed by atoms with Crippen molar-refractivity contribution in [3.63, 3.8) is 0 Å². The van der Waals surface area contributed by atoms with E-state index in [-0.39, 0.29) is 6.04 Å². The fourth-order valence-corrected chi connectivity index (χ4v) is 2.62. The summed E-state index contributed by atoms with van der Waals surface area (Å²) in [5.41, 5.74) is 0. The third-order valence-corrected chi connectivity index (χ3v) is 3.70. The summed E-state index contributed by atoms with van der Waals surface area (Å²) in [4.78, 5) is 4.34. The molecule has 1 N–H and O–H groups in total. The van der Waals surface area contributed by atoms with Gasteiger partial charge in [-0.25, -0.2) is 4.98 Å². The van der Waals surface area contributed by atoms with Gasteiger partial charge in [0, 0.05) is 26.0 Å². The van der Waals surface area contributed by atoms with Crippen LogP contribution in [0.3, 0.4) is 0 Å². The van der Waals surface area contributed by atoms with Gasteiger partial charge in [-0.2, -0.15) is 0 Å². The van der Waals surface area contributed by atoms with E-state index in [9.17, 15) is 0 Å². The van der Waals surface area contributed by atoms with E-state index in [1.165, 1.54) is 32.1 Å². The van der Waals surface area contributed by atoms with Gasteiger partial charge in [0.1, 0.15) is 5.82 Å². The lowest BCUT2D eigenvalue weighted by atomic mass is 9.98. The van der Waals surface area contributed by atoms with Crippen LogP contribution in [0.25, 0.3) is 0 Å². The zero-order valence-corrected chi connectivity index (χ0v) is 11.6. The summed E-state index contributed by atoms with van der Waals surface area (Å²) in [5.74, 6) is 1.08. The van der Waals surface area contributed by atoms with Gasteiger partial charge in [0.25, 0.3) is 0 Å². The SMILES string of the molecule is CC(NCCOC1CCCCC1)c1nccn1C. The molecule has 18 heavy (non-hydrogen) atoms. The zero-order chi connectivity index (χ0) is 12.8. The van der Waals surface area contributed by atoms with Gasteiger partial charge in [-0.1, -0.05) is 19.3 Å². The average Bonchev–Trinajstić information content (AvgIpc) is 2.82.